The monoisotopic (exact) mass is 257 g/mol. The van der Waals surface area contributed by atoms with E-state index in [9.17, 15) is 9.59 Å². The van der Waals surface area contributed by atoms with Gasteiger partial charge in [0.05, 0.1) is 0 Å². The van der Waals surface area contributed by atoms with Crippen LogP contribution in [0.1, 0.15) is 19.5 Å². The van der Waals surface area contributed by atoms with Gasteiger partial charge < -0.3 is 15.3 Å². The third kappa shape index (κ3) is 3.83. The molecule has 0 aliphatic rings. The molecule has 17 heavy (non-hydrogen) atoms. The molecular weight excluding hydrogens is 246 g/mol. The van der Waals surface area contributed by atoms with Crippen LogP contribution in [0.4, 0.5) is 5.13 Å². The fraction of sp³-hybridized carbons (Fsp3) is 0.333. The Kier molecular flexibility index (Phi) is 4.58. The zero-order valence-corrected chi connectivity index (χ0v) is 10.1. The number of rotatable bonds is 5. The molecule has 1 heterocycles. The van der Waals surface area contributed by atoms with Crippen molar-refractivity contribution in [1.29, 1.82) is 0 Å². The molecule has 0 radical (unpaired) electrons. The van der Waals surface area contributed by atoms with Gasteiger partial charge in [0.25, 0.3) is 0 Å². The van der Waals surface area contributed by atoms with Crippen LogP contribution in [0, 0.1) is 0 Å². The molecule has 0 aromatic carbocycles. The number of nitrogens with one attached hydrogen (secondary N) is 1. The minimum absolute atomic E-state index is 0.153. The molecule has 1 amide bonds. The van der Waals surface area contributed by atoms with Gasteiger partial charge in [-0.1, -0.05) is 5.16 Å². The van der Waals surface area contributed by atoms with Gasteiger partial charge in [0, 0.05) is 12.3 Å². The highest BCUT2D eigenvalue weighted by molar-refractivity contribution is 7.14. The molecular formula is C9H11N3O4S. The molecule has 7 nitrogen and oxygen atoms in total. The smallest absolute Gasteiger partial charge is 0.360 e. The second kappa shape index (κ2) is 5.94. The Morgan fingerprint density at radius 1 is 1.65 bits per heavy atom. The van der Waals surface area contributed by atoms with Crippen molar-refractivity contribution in [3.63, 3.8) is 0 Å². The summed E-state index contributed by atoms with van der Waals surface area (Å²) < 4.78 is 0. The lowest BCUT2D eigenvalue weighted by molar-refractivity contribution is -0.129. The van der Waals surface area contributed by atoms with Gasteiger partial charge in [-0.15, -0.1) is 11.3 Å². The molecule has 1 aromatic rings. The van der Waals surface area contributed by atoms with Crippen LogP contribution in [0.5, 0.6) is 0 Å². The number of hydrogen-bond acceptors (Lipinski definition) is 6. The van der Waals surface area contributed by atoms with E-state index in [2.05, 4.69) is 20.3 Å². The van der Waals surface area contributed by atoms with Crippen molar-refractivity contribution in [3.05, 3.63) is 11.1 Å². The molecule has 0 atom stereocenters. The number of amides is 1. The van der Waals surface area contributed by atoms with E-state index in [1.54, 1.807) is 6.92 Å². The second-order valence-electron chi connectivity index (χ2n) is 2.88. The molecule has 2 N–H and O–H groups in total. The quantitative estimate of drug-likeness (QED) is 0.603. The van der Waals surface area contributed by atoms with Crippen LogP contribution in [0.3, 0.4) is 0 Å². The lowest BCUT2D eigenvalue weighted by Gasteiger charge is -1.97. The number of hydrogen-bond donors (Lipinski definition) is 2. The van der Waals surface area contributed by atoms with Crippen LogP contribution in [-0.2, 0) is 14.4 Å². The molecule has 0 spiro atoms. The van der Waals surface area contributed by atoms with E-state index in [1.807, 2.05) is 0 Å². The molecule has 0 aliphatic carbocycles. The molecule has 0 fully saturated rings. The van der Waals surface area contributed by atoms with Gasteiger partial charge in [0.1, 0.15) is 12.3 Å². The minimum Gasteiger partial charge on any atom is -0.476 e. The van der Waals surface area contributed by atoms with Gasteiger partial charge in [-0.05, 0) is 6.92 Å². The first-order chi connectivity index (χ1) is 8.04. The summed E-state index contributed by atoms with van der Waals surface area (Å²) in [6.07, 6.45) is 0. The first-order valence-corrected chi connectivity index (χ1v) is 5.59. The maximum absolute atomic E-state index is 10.9. The van der Waals surface area contributed by atoms with Crippen LogP contribution in [0.25, 0.3) is 0 Å². The lowest BCUT2D eigenvalue weighted by atomic mass is 10.3. The Labute approximate surface area is 101 Å². The van der Waals surface area contributed by atoms with E-state index < -0.39 is 5.97 Å². The molecule has 92 valence electrons. The molecule has 8 heteroatoms. The van der Waals surface area contributed by atoms with Gasteiger partial charge >= 0.3 is 5.97 Å². The van der Waals surface area contributed by atoms with Gasteiger partial charge in [-0.2, -0.15) is 0 Å². The average Bonchev–Trinajstić information content (AvgIpc) is 2.65. The number of thiazole rings is 1. The van der Waals surface area contributed by atoms with E-state index in [1.165, 1.54) is 12.3 Å². The normalized spacial score (nSPS) is 11.1. The number of carboxylic acids is 1. The number of carboxylic acid groups (broad SMARTS) is 1. The van der Waals surface area contributed by atoms with Crippen LogP contribution in [-0.4, -0.2) is 34.3 Å². The number of oxime groups is 1. The molecule has 0 saturated heterocycles. The number of nitrogens with zero attached hydrogens (tertiary/aromatic N) is 2. The Hall–Kier alpha value is -1.96. The van der Waals surface area contributed by atoms with Gasteiger partial charge in [0.2, 0.25) is 11.6 Å². The second-order valence-corrected chi connectivity index (χ2v) is 3.74. The van der Waals surface area contributed by atoms with Crippen LogP contribution < -0.4 is 5.32 Å². The summed E-state index contributed by atoms with van der Waals surface area (Å²) in [5, 5.41) is 16.6. The maximum atomic E-state index is 10.9. The number of carbonyl (C=O) groups is 2. The highest BCUT2D eigenvalue weighted by atomic mass is 32.1. The zero-order chi connectivity index (χ0) is 12.8. The van der Waals surface area contributed by atoms with Crippen molar-refractivity contribution < 1.29 is 19.5 Å². The lowest BCUT2D eigenvalue weighted by Crippen LogP contribution is -2.16. The molecule has 0 saturated carbocycles. The first kappa shape index (κ1) is 13.1. The topological polar surface area (TPSA) is 101 Å². The van der Waals surface area contributed by atoms with Crippen molar-refractivity contribution in [2.24, 2.45) is 5.16 Å². The fourth-order valence-corrected chi connectivity index (χ4v) is 1.66. The maximum Gasteiger partial charge on any atom is 0.360 e. The number of aromatic nitrogens is 1. The van der Waals surface area contributed by atoms with Crippen LogP contribution in [0.2, 0.25) is 0 Å². The molecule has 0 bridgehead atoms. The summed E-state index contributed by atoms with van der Waals surface area (Å²) in [6, 6.07) is 0. The SMILES string of the molecule is CCO/N=C(/C(=O)O)c1csc(NC(C)=O)n1. The van der Waals surface area contributed by atoms with Crippen molar-refractivity contribution >= 4 is 34.1 Å². The van der Waals surface area contributed by atoms with E-state index in [-0.39, 0.29) is 23.9 Å². The van der Waals surface area contributed by atoms with Crippen molar-refractivity contribution in [2.45, 2.75) is 13.8 Å². The Morgan fingerprint density at radius 3 is 2.88 bits per heavy atom. The molecule has 0 aliphatic heterocycles. The van der Waals surface area contributed by atoms with E-state index in [0.29, 0.717) is 5.13 Å². The summed E-state index contributed by atoms with van der Waals surface area (Å²) in [5.41, 5.74) is -0.139. The standard InChI is InChI=1S/C9H11N3O4S/c1-3-16-12-7(8(14)15)6-4-17-9(11-6)10-5(2)13/h4H,3H2,1-2H3,(H,14,15)(H,10,11,13)/b12-7+. The number of carbonyl (C=O) groups excluding carboxylic acids is 1. The highest BCUT2D eigenvalue weighted by Crippen LogP contribution is 2.16. The largest absolute Gasteiger partial charge is 0.476 e. The summed E-state index contributed by atoms with van der Waals surface area (Å²) >= 11 is 1.11. The van der Waals surface area contributed by atoms with Gasteiger partial charge in [-0.25, -0.2) is 9.78 Å². The summed E-state index contributed by atoms with van der Waals surface area (Å²) in [7, 11) is 0. The van der Waals surface area contributed by atoms with E-state index >= 15 is 0 Å². The Balaban J connectivity index is 2.92. The van der Waals surface area contributed by atoms with Gasteiger partial charge in [0.15, 0.2) is 5.13 Å². The van der Waals surface area contributed by atoms with Crippen molar-refractivity contribution in [2.75, 3.05) is 11.9 Å². The number of anilines is 1. The average molecular weight is 257 g/mol. The number of aliphatic carboxylic acids is 1. The molecule has 1 rings (SSSR count). The first-order valence-electron chi connectivity index (χ1n) is 4.71. The van der Waals surface area contributed by atoms with E-state index in [4.69, 9.17) is 5.11 Å². The molecule has 1 aromatic heterocycles. The van der Waals surface area contributed by atoms with Gasteiger partial charge in [-0.3, -0.25) is 4.79 Å². The van der Waals surface area contributed by atoms with Crippen LogP contribution in [0.15, 0.2) is 10.5 Å². The molecule has 0 unspecified atom stereocenters. The zero-order valence-electron chi connectivity index (χ0n) is 9.26. The third-order valence-electron chi connectivity index (χ3n) is 1.52. The van der Waals surface area contributed by atoms with Crippen molar-refractivity contribution in [1.82, 2.24) is 4.98 Å². The summed E-state index contributed by atoms with van der Waals surface area (Å²) in [5.74, 6) is -1.51. The summed E-state index contributed by atoms with van der Waals surface area (Å²) in [4.78, 5) is 30.3. The Bertz CT molecular complexity index is 455. The highest BCUT2D eigenvalue weighted by Gasteiger charge is 2.17. The predicted octanol–water partition coefficient (Wildman–Crippen LogP) is 0.927. The van der Waals surface area contributed by atoms with E-state index in [0.717, 1.165) is 11.3 Å². The van der Waals surface area contributed by atoms with Crippen molar-refractivity contribution in [3.8, 4) is 0 Å². The van der Waals surface area contributed by atoms with Crippen LogP contribution >= 0.6 is 11.3 Å². The predicted molar refractivity (Wildman–Crippen MR) is 62.2 cm³/mol. The fourth-order valence-electron chi connectivity index (χ4n) is 0.915. The summed E-state index contributed by atoms with van der Waals surface area (Å²) in [6.45, 7) is 3.29. The Morgan fingerprint density at radius 2 is 2.35 bits per heavy atom. The third-order valence-corrected chi connectivity index (χ3v) is 2.28. The minimum atomic E-state index is -1.24.